The molecule has 3 aromatic rings. The van der Waals surface area contributed by atoms with Gasteiger partial charge < -0.3 is 4.90 Å². The minimum atomic E-state index is -1.16. The van der Waals surface area contributed by atoms with E-state index in [1.807, 2.05) is 41.1 Å². The van der Waals surface area contributed by atoms with Gasteiger partial charge in [0.1, 0.15) is 5.82 Å². The number of rotatable bonds is 6. The molecule has 3 heterocycles. The fraction of sp³-hybridized carbons (Fsp3) is 0.344. The molecular formula is C32H31N5O2. The van der Waals surface area contributed by atoms with Gasteiger partial charge in [-0.3, -0.25) is 24.5 Å². The molecule has 3 saturated carbocycles. The van der Waals surface area contributed by atoms with Crippen LogP contribution in [-0.4, -0.2) is 45.1 Å². The number of nitrogens with zero attached hydrogens (tertiary/aromatic N) is 5. The second-order valence-electron chi connectivity index (χ2n) is 11.2. The van der Waals surface area contributed by atoms with Crippen molar-refractivity contribution in [3.8, 4) is 6.07 Å². The van der Waals surface area contributed by atoms with Gasteiger partial charge in [0, 0.05) is 50.0 Å². The van der Waals surface area contributed by atoms with Crippen LogP contribution >= 0.6 is 0 Å². The van der Waals surface area contributed by atoms with E-state index in [-0.39, 0.29) is 17.1 Å². The summed E-state index contributed by atoms with van der Waals surface area (Å²) in [5.74, 6) is 1.13. The van der Waals surface area contributed by atoms with Crippen LogP contribution in [0.1, 0.15) is 65.6 Å². The van der Waals surface area contributed by atoms with Crippen LogP contribution in [0.15, 0.2) is 85.2 Å². The molecule has 0 radical (unpaired) electrons. The largest absolute Gasteiger partial charge is 0.339 e. The van der Waals surface area contributed by atoms with Crippen LogP contribution in [-0.2, 0) is 10.3 Å². The number of benzene rings is 1. The minimum absolute atomic E-state index is 0.0639. The summed E-state index contributed by atoms with van der Waals surface area (Å²) in [7, 11) is 1.89. The Morgan fingerprint density at radius 1 is 0.949 bits per heavy atom. The molecule has 7 rings (SSSR count). The highest BCUT2D eigenvalue weighted by atomic mass is 16.2. The predicted molar refractivity (Wildman–Crippen MR) is 146 cm³/mol. The van der Waals surface area contributed by atoms with E-state index in [0.717, 1.165) is 36.3 Å². The summed E-state index contributed by atoms with van der Waals surface area (Å²) < 4.78 is 0. The quantitative estimate of drug-likeness (QED) is 0.335. The normalized spacial score (nSPS) is 24.7. The zero-order valence-electron chi connectivity index (χ0n) is 22.1. The van der Waals surface area contributed by atoms with Crippen LogP contribution in [0.25, 0.3) is 0 Å². The number of likely N-dealkylation sites (N-methyl/N-ethyl adjacent to an activating group) is 1. The van der Waals surface area contributed by atoms with Crippen molar-refractivity contribution < 1.29 is 9.59 Å². The van der Waals surface area contributed by atoms with E-state index >= 15 is 0 Å². The molecule has 4 aliphatic rings. The molecule has 2 aromatic heterocycles. The molecule has 39 heavy (non-hydrogen) atoms. The summed E-state index contributed by atoms with van der Waals surface area (Å²) in [4.78, 5) is 40.7. The van der Waals surface area contributed by atoms with Gasteiger partial charge >= 0.3 is 0 Å². The van der Waals surface area contributed by atoms with Gasteiger partial charge in [-0.2, -0.15) is 5.26 Å². The highest BCUT2D eigenvalue weighted by molar-refractivity contribution is 6.06. The smallest absolute Gasteiger partial charge is 0.263 e. The maximum Gasteiger partial charge on any atom is 0.263 e. The van der Waals surface area contributed by atoms with Crippen LogP contribution in [0.2, 0.25) is 0 Å². The molecule has 196 valence electrons. The number of carbonyl (C=O) groups excluding carboxylic acids is 2. The Hall–Kier alpha value is -4.31. The first-order chi connectivity index (χ1) is 19.0. The molecule has 1 aromatic carbocycles. The molecule has 0 spiro atoms. The lowest BCUT2D eigenvalue weighted by Gasteiger charge is -2.48. The van der Waals surface area contributed by atoms with Crippen molar-refractivity contribution in [2.24, 2.45) is 11.3 Å². The van der Waals surface area contributed by atoms with Crippen LogP contribution < -0.4 is 0 Å². The van der Waals surface area contributed by atoms with Gasteiger partial charge in [0.05, 0.1) is 11.6 Å². The maximum absolute atomic E-state index is 14.9. The number of pyridine rings is 2. The Morgan fingerprint density at radius 3 is 2.00 bits per heavy atom. The maximum atomic E-state index is 14.9. The van der Waals surface area contributed by atoms with Gasteiger partial charge in [-0.25, -0.2) is 0 Å². The van der Waals surface area contributed by atoms with Crippen molar-refractivity contribution in [1.29, 1.82) is 5.26 Å². The number of hydrogen-bond acceptors (Lipinski definition) is 6. The highest BCUT2D eigenvalue weighted by Gasteiger charge is 2.57. The molecule has 0 atom stereocenters. The van der Waals surface area contributed by atoms with Crippen molar-refractivity contribution in [2.75, 3.05) is 13.6 Å². The van der Waals surface area contributed by atoms with E-state index in [0.29, 0.717) is 23.5 Å². The number of carbonyl (C=O) groups is 2. The Kier molecular flexibility index (Phi) is 6.26. The first kappa shape index (κ1) is 25.0. The van der Waals surface area contributed by atoms with Crippen LogP contribution in [0.4, 0.5) is 0 Å². The summed E-state index contributed by atoms with van der Waals surface area (Å²) in [6.07, 6.45) is 15.4. The van der Waals surface area contributed by atoms with E-state index in [1.54, 1.807) is 55.1 Å². The standard InChI is InChI=1S/C32H31N5O2/c1-36-29(20-28(38)25-4-2-24(21-33)3-5-25)37(22-31-13-6-23(7-14-31)8-15-31)30(39)32(36,26-9-16-34-17-10-26)27-11-18-35-19-12-27/h2-5,9-12,16-20,23H,6-8,13-15,22H2,1H3. The lowest BCUT2D eigenvalue weighted by molar-refractivity contribution is -0.134. The SMILES string of the molecule is CN1C(=CC(=O)c2ccc(C#N)cc2)N(CC23CCC(CC2)CC3)C(=O)C1(c1ccncc1)c1ccncc1. The number of nitriles is 1. The molecule has 2 bridgehead atoms. The summed E-state index contributed by atoms with van der Waals surface area (Å²) in [5.41, 5.74) is 1.46. The lowest BCUT2D eigenvalue weighted by Crippen LogP contribution is -2.48. The van der Waals surface area contributed by atoms with Gasteiger partial charge in [0.15, 0.2) is 11.3 Å². The Bertz CT molecular complexity index is 1400. The third kappa shape index (κ3) is 4.11. The molecule has 0 N–H and O–H groups in total. The summed E-state index contributed by atoms with van der Waals surface area (Å²) in [6.45, 7) is 0.591. The summed E-state index contributed by atoms with van der Waals surface area (Å²) >= 11 is 0. The third-order valence-corrected chi connectivity index (χ3v) is 9.18. The average Bonchev–Trinajstić information content (AvgIpc) is 3.20. The molecule has 4 fully saturated rings. The minimum Gasteiger partial charge on any atom is -0.339 e. The van der Waals surface area contributed by atoms with E-state index < -0.39 is 5.54 Å². The molecule has 1 amide bonds. The van der Waals surface area contributed by atoms with Gasteiger partial charge in [-0.15, -0.1) is 0 Å². The lowest BCUT2D eigenvalue weighted by atomic mass is 9.60. The average molecular weight is 518 g/mol. The van der Waals surface area contributed by atoms with Crippen molar-refractivity contribution >= 4 is 11.7 Å². The fourth-order valence-electron chi connectivity index (χ4n) is 6.93. The highest BCUT2D eigenvalue weighted by Crippen LogP contribution is 2.53. The second-order valence-corrected chi connectivity index (χ2v) is 11.2. The number of ketones is 1. The number of fused-ring (bicyclic) bond motifs is 3. The van der Waals surface area contributed by atoms with E-state index in [4.69, 9.17) is 5.26 Å². The summed E-state index contributed by atoms with van der Waals surface area (Å²) in [5, 5.41) is 9.17. The van der Waals surface area contributed by atoms with Gasteiger partial charge in [0.2, 0.25) is 0 Å². The zero-order valence-corrected chi connectivity index (χ0v) is 22.1. The molecule has 7 heteroatoms. The Morgan fingerprint density at radius 2 is 1.49 bits per heavy atom. The van der Waals surface area contributed by atoms with Crippen molar-refractivity contribution in [3.63, 3.8) is 0 Å². The molecule has 1 aliphatic heterocycles. The van der Waals surface area contributed by atoms with Crippen molar-refractivity contribution in [3.05, 3.63) is 107 Å². The monoisotopic (exact) mass is 517 g/mol. The van der Waals surface area contributed by atoms with Gasteiger partial charge in [-0.1, -0.05) is 0 Å². The number of allylic oxidation sites excluding steroid dienone is 1. The number of amides is 1. The Labute approximate surface area is 228 Å². The van der Waals surface area contributed by atoms with E-state index in [2.05, 4.69) is 16.0 Å². The molecule has 7 nitrogen and oxygen atoms in total. The second kappa shape index (κ2) is 9.77. The first-order valence-corrected chi connectivity index (χ1v) is 13.6. The molecule has 1 saturated heterocycles. The topological polar surface area (TPSA) is 90.2 Å². The third-order valence-electron chi connectivity index (χ3n) is 9.18. The van der Waals surface area contributed by atoms with Gasteiger partial charge in [0.25, 0.3) is 5.91 Å². The van der Waals surface area contributed by atoms with E-state index in [1.165, 1.54) is 19.3 Å². The Balaban J connectivity index is 1.50. The predicted octanol–water partition coefficient (Wildman–Crippen LogP) is 5.06. The molecular weight excluding hydrogens is 486 g/mol. The molecule has 3 aliphatic carbocycles. The van der Waals surface area contributed by atoms with Crippen LogP contribution in [0.5, 0.6) is 0 Å². The fourth-order valence-corrected chi connectivity index (χ4v) is 6.93. The van der Waals surface area contributed by atoms with E-state index in [9.17, 15) is 9.59 Å². The molecule has 0 unspecified atom stereocenters. The van der Waals surface area contributed by atoms with Gasteiger partial charge in [-0.05, 0) is 110 Å². The number of aromatic nitrogens is 2. The summed E-state index contributed by atoms with van der Waals surface area (Å²) in [6, 6.07) is 16.2. The van der Waals surface area contributed by atoms with Crippen molar-refractivity contribution in [1.82, 2.24) is 19.8 Å². The van der Waals surface area contributed by atoms with Crippen LogP contribution in [0, 0.1) is 22.7 Å². The first-order valence-electron chi connectivity index (χ1n) is 13.6. The van der Waals surface area contributed by atoms with Crippen LogP contribution in [0.3, 0.4) is 0 Å². The van der Waals surface area contributed by atoms with Crippen molar-refractivity contribution in [2.45, 2.75) is 44.1 Å². The zero-order chi connectivity index (χ0) is 27.0. The number of hydrogen-bond donors (Lipinski definition) is 0.